The molecule has 0 bridgehead atoms. The second-order valence-electron chi connectivity index (χ2n) is 20.1. The molecular weight excluding hydrogens is 941 g/mol. The summed E-state index contributed by atoms with van der Waals surface area (Å²) >= 11 is 0. The van der Waals surface area contributed by atoms with Gasteiger partial charge in [-0.25, -0.2) is 0 Å². The maximum absolute atomic E-state index is 2.38. The predicted octanol–water partition coefficient (Wildman–Crippen LogP) is 20.1. The lowest BCUT2D eigenvalue weighted by Crippen LogP contribution is -1.96. The normalized spacial score (nSPS) is 11.3. The number of hydrogen-bond acceptors (Lipinski definition) is 0. The molecule has 0 aliphatic rings. The van der Waals surface area contributed by atoms with Gasteiger partial charge in [-0.2, -0.15) is 0 Å². The molecule has 2 heterocycles. The van der Waals surface area contributed by atoms with Gasteiger partial charge in [0.1, 0.15) is 0 Å². The molecule has 0 fully saturated rings. The van der Waals surface area contributed by atoms with Gasteiger partial charge in [-0.3, -0.25) is 0 Å². The molecule has 0 amide bonds. The Morgan fingerprint density at radius 1 is 0.205 bits per heavy atom. The highest BCUT2D eigenvalue weighted by molar-refractivity contribution is 6.10. The van der Waals surface area contributed by atoms with Crippen molar-refractivity contribution < 1.29 is 0 Å². The number of aromatic nitrogens is 2. The van der Waals surface area contributed by atoms with E-state index in [1.807, 2.05) is 0 Å². The zero-order valence-electron chi connectivity index (χ0n) is 42.9. The van der Waals surface area contributed by atoms with Gasteiger partial charge < -0.3 is 9.13 Å². The molecular formula is C76H52N2. The molecule has 0 unspecified atom stereocenters. The smallest absolute Gasteiger partial charge is 0.0541 e. The van der Waals surface area contributed by atoms with Crippen molar-refractivity contribution in [3.63, 3.8) is 0 Å². The minimum atomic E-state index is 1.13. The van der Waals surface area contributed by atoms with Crippen molar-refractivity contribution in [1.29, 1.82) is 0 Å². The highest BCUT2D eigenvalue weighted by Gasteiger charge is 2.16. The van der Waals surface area contributed by atoms with Crippen LogP contribution in [0.4, 0.5) is 0 Å². The summed E-state index contributed by atoms with van der Waals surface area (Å²) in [5, 5.41) is 5.03. The van der Waals surface area contributed by atoms with Crippen LogP contribution in [0.5, 0.6) is 0 Å². The van der Waals surface area contributed by atoms with Crippen LogP contribution in [0.3, 0.4) is 0 Å². The lowest BCUT2D eigenvalue weighted by molar-refractivity contribution is 1.18. The van der Waals surface area contributed by atoms with E-state index in [-0.39, 0.29) is 0 Å². The van der Waals surface area contributed by atoms with Gasteiger partial charge in [-0.1, -0.05) is 255 Å². The monoisotopic (exact) mass is 992 g/mol. The molecule has 14 rings (SSSR count). The quantitative estimate of drug-likeness (QED) is 0.114. The Morgan fingerprint density at radius 2 is 0.436 bits per heavy atom. The van der Waals surface area contributed by atoms with Crippen LogP contribution in [0, 0.1) is 0 Å². The summed E-state index contributed by atoms with van der Waals surface area (Å²) < 4.78 is 4.77. The average molecular weight is 993 g/mol. The zero-order valence-corrected chi connectivity index (χ0v) is 42.9. The topological polar surface area (TPSA) is 9.86 Å². The molecule has 366 valence electrons. The fraction of sp³-hybridized carbons (Fsp3) is 0. The molecule has 0 aliphatic carbocycles. The largest absolute Gasteiger partial charge is 0.309 e. The van der Waals surface area contributed by atoms with Gasteiger partial charge in [0.15, 0.2) is 0 Å². The number of nitrogens with zero attached hydrogens (tertiary/aromatic N) is 2. The Morgan fingerprint density at radius 3 is 0.731 bits per heavy atom. The van der Waals surface area contributed by atoms with E-state index in [9.17, 15) is 0 Å². The van der Waals surface area contributed by atoms with E-state index in [0.717, 1.165) is 39.2 Å². The molecule has 0 spiro atoms. The van der Waals surface area contributed by atoms with Gasteiger partial charge >= 0.3 is 0 Å². The van der Waals surface area contributed by atoms with Crippen molar-refractivity contribution in [1.82, 2.24) is 9.13 Å². The summed E-state index contributed by atoms with van der Waals surface area (Å²) in [5.41, 5.74) is 23.5. The van der Waals surface area contributed by atoms with Crippen molar-refractivity contribution in [2.24, 2.45) is 0 Å². The Labute approximate surface area is 455 Å². The zero-order chi connectivity index (χ0) is 51.8. The molecule has 0 N–H and O–H groups in total. The SMILES string of the molecule is C(=C(c1ccc(-c2ccccc2)cc1)c1ccc(-c2ccccc2)cc1)c1ccc(-c2ccc(C=C(c3ccc(-n4c5ccccc5c5ccccc54)cc3)c3ccc(-n4c5ccccc5c5ccccc54)cc3)cc2)cc1. The van der Waals surface area contributed by atoms with Crippen LogP contribution in [0.25, 0.3) is 112 Å². The first-order valence-corrected chi connectivity index (χ1v) is 26.8. The number of rotatable bonds is 11. The van der Waals surface area contributed by atoms with E-state index in [4.69, 9.17) is 0 Å². The molecule has 0 saturated carbocycles. The maximum Gasteiger partial charge on any atom is 0.0541 e. The van der Waals surface area contributed by atoms with Crippen LogP contribution in [0.2, 0.25) is 0 Å². The Kier molecular flexibility index (Phi) is 11.9. The number of benzene rings is 12. The summed E-state index contributed by atoms with van der Waals surface area (Å²) in [7, 11) is 0. The first-order chi connectivity index (χ1) is 38.7. The van der Waals surface area contributed by atoms with E-state index in [0.29, 0.717) is 0 Å². The minimum Gasteiger partial charge on any atom is -0.309 e. The third kappa shape index (κ3) is 8.72. The lowest BCUT2D eigenvalue weighted by atomic mass is 9.92. The van der Waals surface area contributed by atoms with Gasteiger partial charge in [-0.05, 0) is 139 Å². The molecule has 2 heteroatoms. The number of hydrogen-bond donors (Lipinski definition) is 0. The fourth-order valence-electron chi connectivity index (χ4n) is 11.5. The van der Waals surface area contributed by atoms with Crippen LogP contribution >= 0.6 is 0 Å². The summed E-state index contributed by atoms with van der Waals surface area (Å²) in [6.45, 7) is 0. The van der Waals surface area contributed by atoms with Gasteiger partial charge in [0.25, 0.3) is 0 Å². The van der Waals surface area contributed by atoms with Crippen molar-refractivity contribution in [3.8, 4) is 44.8 Å². The van der Waals surface area contributed by atoms with Gasteiger partial charge in [-0.15, -0.1) is 0 Å². The third-order valence-electron chi connectivity index (χ3n) is 15.4. The van der Waals surface area contributed by atoms with Gasteiger partial charge in [0.05, 0.1) is 22.1 Å². The van der Waals surface area contributed by atoms with Crippen LogP contribution in [-0.2, 0) is 0 Å². The fourth-order valence-corrected chi connectivity index (χ4v) is 11.5. The molecule has 14 aromatic rings. The lowest BCUT2D eigenvalue weighted by Gasteiger charge is -2.14. The van der Waals surface area contributed by atoms with Crippen LogP contribution in [0.1, 0.15) is 33.4 Å². The van der Waals surface area contributed by atoms with Crippen molar-refractivity contribution in [3.05, 3.63) is 337 Å². The minimum absolute atomic E-state index is 1.13. The maximum atomic E-state index is 2.38. The standard InChI is InChI=1S/C76H52N2/c1-3-15-55(16-4-1)59-35-39-61(40-36-59)71(62-41-37-60(38-42-62)56-17-5-2-6-18-56)51-53-27-31-57(32-28-53)58-33-29-54(30-34-58)52-72(63-43-47-65(48-44-63)77-73-23-11-7-19-67(73)68-20-8-12-24-74(68)77)64-45-49-66(50-46-64)78-75-25-13-9-21-69(75)70-22-10-14-26-76(70)78/h1-52H. The summed E-state index contributed by atoms with van der Waals surface area (Å²) in [6.07, 6.45) is 4.65. The molecule has 0 saturated heterocycles. The molecule has 2 aromatic heterocycles. The third-order valence-corrected chi connectivity index (χ3v) is 15.4. The van der Waals surface area contributed by atoms with Crippen molar-refractivity contribution in [2.75, 3.05) is 0 Å². The Balaban J connectivity index is 0.797. The molecule has 12 aromatic carbocycles. The average Bonchev–Trinajstić information content (AvgIpc) is 4.25. The van der Waals surface area contributed by atoms with E-state index >= 15 is 0 Å². The molecule has 0 radical (unpaired) electrons. The first kappa shape index (κ1) is 46.3. The second-order valence-corrected chi connectivity index (χ2v) is 20.1. The molecule has 0 atom stereocenters. The summed E-state index contributed by atoms with van der Waals surface area (Å²) in [4.78, 5) is 0. The summed E-state index contributed by atoms with van der Waals surface area (Å²) in [5.74, 6) is 0. The first-order valence-electron chi connectivity index (χ1n) is 26.8. The van der Waals surface area contributed by atoms with E-state index in [2.05, 4.69) is 325 Å². The Hall–Kier alpha value is -10.3. The predicted molar refractivity (Wildman–Crippen MR) is 331 cm³/mol. The van der Waals surface area contributed by atoms with Crippen LogP contribution in [-0.4, -0.2) is 9.13 Å². The number of fused-ring (bicyclic) bond motifs is 6. The summed E-state index contributed by atoms with van der Waals surface area (Å²) in [6, 6.07) is 110. The van der Waals surface area contributed by atoms with Crippen LogP contribution in [0.15, 0.2) is 303 Å². The van der Waals surface area contributed by atoms with E-state index in [1.165, 1.54) is 93.7 Å². The van der Waals surface area contributed by atoms with E-state index in [1.54, 1.807) is 0 Å². The van der Waals surface area contributed by atoms with Crippen molar-refractivity contribution in [2.45, 2.75) is 0 Å². The highest BCUT2D eigenvalue weighted by Crippen LogP contribution is 2.37. The molecule has 2 nitrogen and oxygen atoms in total. The highest BCUT2D eigenvalue weighted by atomic mass is 15.0. The van der Waals surface area contributed by atoms with E-state index < -0.39 is 0 Å². The molecule has 0 aliphatic heterocycles. The van der Waals surface area contributed by atoms with Crippen molar-refractivity contribution >= 4 is 66.9 Å². The van der Waals surface area contributed by atoms with Crippen LogP contribution < -0.4 is 0 Å². The number of para-hydroxylation sites is 4. The molecule has 78 heavy (non-hydrogen) atoms. The second kappa shape index (κ2) is 20.1. The Bertz CT molecular complexity index is 4150. The van der Waals surface area contributed by atoms with Gasteiger partial charge in [0, 0.05) is 32.9 Å². The van der Waals surface area contributed by atoms with Gasteiger partial charge in [0.2, 0.25) is 0 Å².